The van der Waals surface area contributed by atoms with Crippen molar-refractivity contribution in [1.82, 2.24) is 5.32 Å². The fraction of sp³-hybridized carbons (Fsp3) is 0.625. The summed E-state index contributed by atoms with van der Waals surface area (Å²) in [6, 6.07) is 5.21. The lowest BCUT2D eigenvalue weighted by Crippen LogP contribution is -2.24. The molecule has 20 heavy (non-hydrogen) atoms. The lowest BCUT2D eigenvalue weighted by Gasteiger charge is -2.22. The van der Waals surface area contributed by atoms with E-state index in [0.717, 1.165) is 42.5 Å². The van der Waals surface area contributed by atoms with Crippen molar-refractivity contribution in [1.29, 1.82) is 0 Å². The first kappa shape index (κ1) is 15.9. The van der Waals surface area contributed by atoms with E-state index < -0.39 is 0 Å². The molecular weight excluding hydrogens is 321 g/mol. The van der Waals surface area contributed by atoms with Gasteiger partial charge in [0.1, 0.15) is 5.82 Å². The van der Waals surface area contributed by atoms with Gasteiger partial charge >= 0.3 is 0 Å². The predicted octanol–water partition coefficient (Wildman–Crippen LogP) is 4.59. The summed E-state index contributed by atoms with van der Waals surface area (Å²) in [7, 11) is 0. The summed E-state index contributed by atoms with van der Waals surface area (Å²) >= 11 is 3.48. The number of halogens is 2. The summed E-state index contributed by atoms with van der Waals surface area (Å²) in [6.07, 6.45) is 5.93. The highest BCUT2D eigenvalue weighted by molar-refractivity contribution is 9.10. The van der Waals surface area contributed by atoms with E-state index in [-0.39, 0.29) is 11.9 Å². The van der Waals surface area contributed by atoms with E-state index >= 15 is 0 Å². The highest BCUT2D eigenvalue weighted by Crippen LogP contribution is 2.29. The summed E-state index contributed by atoms with van der Waals surface area (Å²) < 4.78 is 19.8. The first-order valence-corrected chi connectivity index (χ1v) is 8.30. The summed E-state index contributed by atoms with van der Waals surface area (Å²) in [5.41, 5.74) is 1.14. The number of benzene rings is 1. The zero-order valence-corrected chi connectivity index (χ0v) is 13.6. The van der Waals surface area contributed by atoms with Crippen molar-refractivity contribution >= 4 is 15.9 Å². The Bertz CT molecular complexity index is 421. The Balaban J connectivity index is 2.01. The number of rotatable bonds is 7. The second-order valence-electron chi connectivity index (χ2n) is 5.38. The number of hydrogen-bond acceptors (Lipinski definition) is 2. The zero-order valence-electron chi connectivity index (χ0n) is 12.0. The van der Waals surface area contributed by atoms with E-state index in [1.165, 1.54) is 18.9 Å². The predicted molar refractivity (Wildman–Crippen MR) is 83.3 cm³/mol. The normalized spacial score (nSPS) is 20.2. The highest BCUT2D eigenvalue weighted by Gasteiger charge is 2.20. The average Bonchev–Trinajstić information content (AvgIpc) is 2.93. The summed E-state index contributed by atoms with van der Waals surface area (Å²) in [6.45, 7) is 4.03. The van der Waals surface area contributed by atoms with Crippen LogP contribution in [-0.4, -0.2) is 19.3 Å². The van der Waals surface area contributed by atoms with Crippen molar-refractivity contribution in [3.63, 3.8) is 0 Å². The fourth-order valence-corrected chi connectivity index (χ4v) is 3.32. The molecule has 2 rings (SSSR count). The van der Waals surface area contributed by atoms with E-state index in [2.05, 4.69) is 28.2 Å². The van der Waals surface area contributed by atoms with Crippen LogP contribution in [-0.2, 0) is 4.74 Å². The van der Waals surface area contributed by atoms with Gasteiger partial charge in [0.2, 0.25) is 0 Å². The highest BCUT2D eigenvalue weighted by atomic mass is 79.9. The van der Waals surface area contributed by atoms with Crippen LogP contribution in [0.4, 0.5) is 4.39 Å². The molecule has 112 valence electrons. The molecule has 2 unspecified atom stereocenters. The molecule has 1 aliphatic heterocycles. The van der Waals surface area contributed by atoms with Gasteiger partial charge in [0.05, 0.1) is 6.10 Å². The molecule has 0 spiro atoms. The second kappa shape index (κ2) is 8.11. The Morgan fingerprint density at radius 3 is 3.00 bits per heavy atom. The van der Waals surface area contributed by atoms with Gasteiger partial charge in [0.15, 0.2) is 0 Å². The Kier molecular flexibility index (Phi) is 6.46. The van der Waals surface area contributed by atoms with Crippen LogP contribution in [0.15, 0.2) is 22.7 Å². The summed E-state index contributed by atoms with van der Waals surface area (Å²) in [5, 5.41) is 3.56. The SMILES string of the molecule is CCCNC(CCC1CCCO1)c1ccc(F)cc1Br. The van der Waals surface area contributed by atoms with Gasteiger partial charge in [0, 0.05) is 17.1 Å². The number of ether oxygens (including phenoxy) is 1. The molecule has 0 amide bonds. The largest absolute Gasteiger partial charge is 0.378 e. The van der Waals surface area contributed by atoms with Crippen molar-refractivity contribution in [3.05, 3.63) is 34.1 Å². The third kappa shape index (κ3) is 4.54. The van der Waals surface area contributed by atoms with Gasteiger partial charge < -0.3 is 10.1 Å². The fourth-order valence-electron chi connectivity index (χ4n) is 2.69. The Morgan fingerprint density at radius 2 is 2.35 bits per heavy atom. The van der Waals surface area contributed by atoms with Crippen molar-refractivity contribution < 1.29 is 9.13 Å². The maximum Gasteiger partial charge on any atom is 0.124 e. The minimum Gasteiger partial charge on any atom is -0.378 e. The van der Waals surface area contributed by atoms with Gasteiger partial charge in [-0.25, -0.2) is 4.39 Å². The summed E-state index contributed by atoms with van der Waals surface area (Å²) in [5.74, 6) is -0.200. The maximum absolute atomic E-state index is 13.2. The van der Waals surface area contributed by atoms with Crippen LogP contribution in [0.25, 0.3) is 0 Å². The molecule has 2 atom stereocenters. The van der Waals surface area contributed by atoms with E-state index in [1.807, 2.05) is 6.07 Å². The minimum atomic E-state index is -0.200. The maximum atomic E-state index is 13.2. The molecule has 1 N–H and O–H groups in total. The molecule has 1 aromatic carbocycles. The van der Waals surface area contributed by atoms with Crippen LogP contribution < -0.4 is 5.32 Å². The third-order valence-electron chi connectivity index (χ3n) is 3.78. The van der Waals surface area contributed by atoms with E-state index in [9.17, 15) is 4.39 Å². The Labute approximate surface area is 129 Å². The van der Waals surface area contributed by atoms with Crippen LogP contribution in [0, 0.1) is 5.82 Å². The van der Waals surface area contributed by atoms with E-state index in [4.69, 9.17) is 4.74 Å². The lowest BCUT2D eigenvalue weighted by atomic mass is 9.99. The molecule has 1 aromatic rings. The zero-order chi connectivity index (χ0) is 14.4. The molecule has 0 saturated carbocycles. The quantitative estimate of drug-likeness (QED) is 0.781. The van der Waals surface area contributed by atoms with Gasteiger partial charge in [-0.05, 0) is 56.3 Å². The minimum absolute atomic E-state index is 0.200. The molecule has 0 bridgehead atoms. The van der Waals surface area contributed by atoms with Gasteiger partial charge in [-0.3, -0.25) is 0 Å². The van der Waals surface area contributed by atoms with Crippen LogP contribution in [0.1, 0.15) is 50.6 Å². The van der Waals surface area contributed by atoms with Gasteiger partial charge in [-0.2, -0.15) is 0 Å². The molecule has 0 aromatic heterocycles. The first-order chi connectivity index (χ1) is 9.70. The molecule has 2 nitrogen and oxygen atoms in total. The van der Waals surface area contributed by atoms with E-state index in [1.54, 1.807) is 6.07 Å². The Hall–Kier alpha value is -0.450. The molecule has 1 fully saturated rings. The molecule has 1 aliphatic rings. The topological polar surface area (TPSA) is 21.3 Å². The van der Waals surface area contributed by atoms with Gasteiger partial charge in [-0.1, -0.05) is 28.9 Å². The molecule has 4 heteroatoms. The monoisotopic (exact) mass is 343 g/mol. The molecule has 1 heterocycles. The van der Waals surface area contributed by atoms with Crippen molar-refractivity contribution in [2.24, 2.45) is 0 Å². The first-order valence-electron chi connectivity index (χ1n) is 7.50. The third-order valence-corrected chi connectivity index (χ3v) is 4.47. The lowest BCUT2D eigenvalue weighted by molar-refractivity contribution is 0.0995. The summed E-state index contributed by atoms with van der Waals surface area (Å²) in [4.78, 5) is 0. The standard InChI is InChI=1S/C16H23BrFNO/c1-2-9-19-16(8-6-13-4-3-10-20-13)14-7-5-12(18)11-15(14)17/h5,7,11,13,16,19H,2-4,6,8-10H2,1H3. The molecule has 0 radical (unpaired) electrons. The van der Waals surface area contributed by atoms with Crippen molar-refractivity contribution in [2.45, 2.75) is 51.2 Å². The average molecular weight is 344 g/mol. The smallest absolute Gasteiger partial charge is 0.124 e. The van der Waals surface area contributed by atoms with Crippen LogP contribution >= 0.6 is 15.9 Å². The van der Waals surface area contributed by atoms with Crippen LogP contribution in [0.2, 0.25) is 0 Å². The van der Waals surface area contributed by atoms with Crippen molar-refractivity contribution in [2.75, 3.05) is 13.2 Å². The van der Waals surface area contributed by atoms with Gasteiger partial charge in [-0.15, -0.1) is 0 Å². The second-order valence-corrected chi connectivity index (χ2v) is 6.24. The molecule has 0 aliphatic carbocycles. The van der Waals surface area contributed by atoms with E-state index in [0.29, 0.717) is 6.10 Å². The van der Waals surface area contributed by atoms with Crippen LogP contribution in [0.5, 0.6) is 0 Å². The number of hydrogen-bond donors (Lipinski definition) is 1. The van der Waals surface area contributed by atoms with Gasteiger partial charge in [0.25, 0.3) is 0 Å². The molecule has 1 saturated heterocycles. The molecular formula is C16H23BrFNO. The van der Waals surface area contributed by atoms with Crippen molar-refractivity contribution in [3.8, 4) is 0 Å². The Morgan fingerprint density at radius 1 is 1.50 bits per heavy atom. The number of nitrogens with one attached hydrogen (secondary N) is 1. The van der Waals surface area contributed by atoms with Crippen LogP contribution in [0.3, 0.4) is 0 Å².